The summed E-state index contributed by atoms with van der Waals surface area (Å²) in [4.78, 5) is 36.5. The van der Waals surface area contributed by atoms with Crippen molar-refractivity contribution in [3.63, 3.8) is 0 Å². The number of rotatable bonds is 6. The van der Waals surface area contributed by atoms with E-state index < -0.39 is 41.0 Å². The lowest BCUT2D eigenvalue weighted by Crippen LogP contribution is -2.56. The van der Waals surface area contributed by atoms with Crippen LogP contribution < -0.4 is 0 Å². The van der Waals surface area contributed by atoms with Crippen LogP contribution in [-0.4, -0.2) is 59.3 Å². The number of fused-ring (bicyclic) bond motifs is 3. The molecule has 9 heteroatoms. The minimum absolute atomic E-state index is 0.0357. The standard InChI is InChI=1S/C23H30O9/c1-7-29-23-9-8-21(5,32-23)10-16-18(15(20(26)31-16)12-28-14(4)24)17(11-22(23,6)27)30-19(25)13(2)3/h10,17,27H,2,7-9,11-12H2,1,3-6H3. The molecule has 176 valence electrons. The second-order valence-electron chi connectivity index (χ2n) is 8.82. The fourth-order valence-corrected chi connectivity index (χ4v) is 4.33. The Bertz CT molecular complexity index is 912. The summed E-state index contributed by atoms with van der Waals surface area (Å²) in [6.45, 7) is 11.4. The molecule has 0 amide bonds. The van der Waals surface area contributed by atoms with Gasteiger partial charge in [0.05, 0.1) is 11.2 Å². The van der Waals surface area contributed by atoms with Crippen LogP contribution in [0.1, 0.15) is 53.9 Å². The number of ether oxygens (including phenoxy) is 5. The van der Waals surface area contributed by atoms with Crippen LogP contribution >= 0.6 is 0 Å². The second kappa shape index (κ2) is 8.46. The highest BCUT2D eigenvalue weighted by atomic mass is 16.7. The Balaban J connectivity index is 2.19. The highest BCUT2D eigenvalue weighted by Gasteiger charge is 2.60. The second-order valence-corrected chi connectivity index (χ2v) is 8.82. The fraction of sp³-hybridized carbons (Fsp3) is 0.609. The number of esters is 3. The average Bonchev–Trinajstić information content (AvgIpc) is 3.17. The Labute approximate surface area is 187 Å². The Morgan fingerprint density at radius 1 is 1.28 bits per heavy atom. The topological polar surface area (TPSA) is 118 Å². The summed E-state index contributed by atoms with van der Waals surface area (Å²) in [5.74, 6) is -3.23. The average molecular weight is 450 g/mol. The van der Waals surface area contributed by atoms with Crippen molar-refractivity contribution < 1.29 is 43.2 Å². The van der Waals surface area contributed by atoms with Crippen LogP contribution in [0.15, 0.2) is 35.1 Å². The van der Waals surface area contributed by atoms with Crippen LogP contribution in [0.2, 0.25) is 0 Å². The number of carbonyl (C=O) groups is 3. The van der Waals surface area contributed by atoms with Gasteiger partial charge in [-0.3, -0.25) is 4.79 Å². The molecule has 3 heterocycles. The van der Waals surface area contributed by atoms with Crippen LogP contribution in [0.4, 0.5) is 0 Å². The molecule has 0 aromatic rings. The number of aliphatic hydroxyl groups is 1. The maximum absolute atomic E-state index is 12.7. The van der Waals surface area contributed by atoms with E-state index in [0.29, 0.717) is 12.8 Å². The van der Waals surface area contributed by atoms with Gasteiger partial charge in [-0.2, -0.15) is 0 Å². The molecule has 3 aliphatic heterocycles. The first-order chi connectivity index (χ1) is 14.8. The van der Waals surface area contributed by atoms with Crippen LogP contribution in [-0.2, 0) is 38.1 Å². The summed E-state index contributed by atoms with van der Waals surface area (Å²) in [6, 6.07) is 0. The predicted molar refractivity (Wildman–Crippen MR) is 111 cm³/mol. The Hall–Kier alpha value is -2.49. The molecule has 1 saturated heterocycles. The minimum Gasteiger partial charge on any atom is -0.461 e. The van der Waals surface area contributed by atoms with Gasteiger partial charge in [0.2, 0.25) is 0 Å². The summed E-state index contributed by atoms with van der Waals surface area (Å²) < 4.78 is 28.4. The lowest BCUT2D eigenvalue weighted by atomic mass is 9.82. The first-order valence-electron chi connectivity index (χ1n) is 10.6. The van der Waals surface area contributed by atoms with Crippen LogP contribution in [0, 0.1) is 0 Å². The molecule has 3 rings (SSSR count). The van der Waals surface area contributed by atoms with Gasteiger partial charge in [-0.25, -0.2) is 9.59 Å². The van der Waals surface area contributed by atoms with E-state index in [-0.39, 0.29) is 42.1 Å². The Morgan fingerprint density at radius 2 is 1.97 bits per heavy atom. The summed E-state index contributed by atoms with van der Waals surface area (Å²) >= 11 is 0. The first-order valence-corrected chi connectivity index (χ1v) is 10.6. The van der Waals surface area contributed by atoms with E-state index in [9.17, 15) is 19.5 Å². The third-order valence-electron chi connectivity index (χ3n) is 5.95. The molecule has 0 aromatic heterocycles. The van der Waals surface area contributed by atoms with Gasteiger partial charge in [-0.05, 0) is 40.2 Å². The van der Waals surface area contributed by atoms with Crippen LogP contribution in [0.25, 0.3) is 0 Å². The number of carbonyl (C=O) groups excluding carboxylic acids is 3. The van der Waals surface area contributed by atoms with Crippen molar-refractivity contribution in [3.8, 4) is 0 Å². The van der Waals surface area contributed by atoms with E-state index in [2.05, 4.69) is 6.58 Å². The van der Waals surface area contributed by atoms with Crippen molar-refractivity contribution in [1.82, 2.24) is 0 Å². The van der Waals surface area contributed by atoms with Gasteiger partial charge in [-0.1, -0.05) is 6.58 Å². The predicted octanol–water partition coefficient (Wildman–Crippen LogP) is 2.23. The van der Waals surface area contributed by atoms with E-state index in [1.54, 1.807) is 26.8 Å². The third kappa shape index (κ3) is 4.37. The molecule has 0 saturated carbocycles. The molecule has 3 aliphatic rings. The number of hydrogen-bond acceptors (Lipinski definition) is 9. The quantitative estimate of drug-likeness (QED) is 0.369. The summed E-state index contributed by atoms with van der Waals surface area (Å²) in [6.07, 6.45) is 1.23. The van der Waals surface area contributed by atoms with Crippen molar-refractivity contribution in [1.29, 1.82) is 0 Å². The van der Waals surface area contributed by atoms with Crippen molar-refractivity contribution in [2.75, 3.05) is 13.2 Å². The van der Waals surface area contributed by atoms with Crippen LogP contribution in [0.3, 0.4) is 0 Å². The molecule has 4 atom stereocenters. The molecule has 0 aromatic carbocycles. The molecule has 32 heavy (non-hydrogen) atoms. The van der Waals surface area contributed by atoms with E-state index in [1.165, 1.54) is 13.8 Å². The third-order valence-corrected chi connectivity index (χ3v) is 5.95. The van der Waals surface area contributed by atoms with Crippen molar-refractivity contribution in [3.05, 3.63) is 35.1 Å². The smallest absolute Gasteiger partial charge is 0.343 e. The Kier molecular flexibility index (Phi) is 6.38. The van der Waals surface area contributed by atoms with Gasteiger partial charge >= 0.3 is 17.9 Å². The van der Waals surface area contributed by atoms with Gasteiger partial charge in [0.15, 0.2) is 5.79 Å². The minimum atomic E-state index is -1.62. The van der Waals surface area contributed by atoms with Gasteiger partial charge in [-0.15, -0.1) is 0 Å². The fourth-order valence-electron chi connectivity index (χ4n) is 4.33. The van der Waals surface area contributed by atoms with Gasteiger partial charge in [0, 0.05) is 37.5 Å². The zero-order chi connectivity index (χ0) is 23.9. The highest BCUT2D eigenvalue weighted by molar-refractivity contribution is 5.96. The molecular weight excluding hydrogens is 420 g/mol. The van der Waals surface area contributed by atoms with Crippen LogP contribution in [0.5, 0.6) is 0 Å². The maximum atomic E-state index is 12.7. The van der Waals surface area contributed by atoms with Gasteiger partial charge in [0.25, 0.3) is 0 Å². The molecule has 0 spiro atoms. The summed E-state index contributed by atoms with van der Waals surface area (Å²) in [5, 5.41) is 11.6. The van der Waals surface area contributed by atoms with Gasteiger partial charge < -0.3 is 28.8 Å². The first kappa shape index (κ1) is 24.2. The van der Waals surface area contributed by atoms with Crippen molar-refractivity contribution in [2.45, 2.75) is 77.0 Å². The monoisotopic (exact) mass is 450 g/mol. The summed E-state index contributed by atoms with van der Waals surface area (Å²) in [7, 11) is 0. The molecule has 1 N–H and O–H groups in total. The SMILES string of the molecule is C=C(C)C(=O)OC1CC(C)(O)C2(OCC)CCC(C)(C=C3OC(=O)C(COC(C)=O)=C31)O2. The largest absolute Gasteiger partial charge is 0.461 e. The lowest BCUT2D eigenvalue weighted by Gasteiger charge is -2.43. The zero-order valence-electron chi connectivity index (χ0n) is 19.1. The van der Waals surface area contributed by atoms with E-state index in [1.807, 2.05) is 0 Å². The molecule has 1 fully saturated rings. The Morgan fingerprint density at radius 3 is 2.56 bits per heavy atom. The number of hydrogen-bond donors (Lipinski definition) is 1. The maximum Gasteiger partial charge on any atom is 0.343 e. The van der Waals surface area contributed by atoms with E-state index in [0.717, 1.165) is 0 Å². The van der Waals surface area contributed by atoms with E-state index >= 15 is 0 Å². The molecule has 2 bridgehead atoms. The molecule has 0 radical (unpaired) electrons. The molecular formula is C23H30O9. The molecule has 9 nitrogen and oxygen atoms in total. The van der Waals surface area contributed by atoms with Crippen molar-refractivity contribution in [2.24, 2.45) is 0 Å². The normalized spacial score (nSPS) is 34.0. The van der Waals surface area contributed by atoms with Crippen molar-refractivity contribution >= 4 is 17.9 Å². The van der Waals surface area contributed by atoms with E-state index in [4.69, 9.17) is 23.7 Å². The molecule has 4 unspecified atom stereocenters. The zero-order valence-corrected chi connectivity index (χ0v) is 19.1. The summed E-state index contributed by atoms with van der Waals surface area (Å²) in [5.41, 5.74) is -2.13. The molecule has 0 aliphatic carbocycles. The lowest BCUT2D eigenvalue weighted by molar-refractivity contribution is -0.318. The van der Waals surface area contributed by atoms with Gasteiger partial charge in [0.1, 0.15) is 24.1 Å². The highest BCUT2D eigenvalue weighted by Crippen LogP contribution is 2.51.